The summed E-state index contributed by atoms with van der Waals surface area (Å²) in [6.07, 6.45) is 0.522. The molecule has 1 aliphatic rings. The molecular weight excluding hydrogens is 232 g/mol. The van der Waals surface area contributed by atoms with Crippen LogP contribution in [0.15, 0.2) is 0 Å². The average Bonchev–Trinajstić information content (AvgIpc) is 2.63. The summed E-state index contributed by atoms with van der Waals surface area (Å²) in [4.78, 5) is 23.6. The molecule has 1 saturated heterocycles. The minimum atomic E-state index is -0.706. The lowest BCUT2D eigenvalue weighted by Crippen LogP contribution is -2.39. The van der Waals surface area contributed by atoms with Gasteiger partial charge in [0, 0.05) is 6.42 Å². The summed E-state index contributed by atoms with van der Waals surface area (Å²) in [5, 5.41) is 0. The lowest BCUT2D eigenvalue weighted by molar-refractivity contribution is -0.170. The van der Waals surface area contributed by atoms with E-state index in [1.165, 1.54) is 0 Å². The predicted molar refractivity (Wildman–Crippen MR) is 67.9 cm³/mol. The van der Waals surface area contributed by atoms with E-state index in [1.807, 2.05) is 20.8 Å². The first-order chi connectivity index (χ1) is 8.27. The second-order valence-electron chi connectivity index (χ2n) is 6.02. The van der Waals surface area contributed by atoms with Crippen molar-refractivity contribution in [2.75, 3.05) is 6.61 Å². The van der Waals surface area contributed by atoms with Crippen LogP contribution in [0.1, 0.15) is 47.5 Å². The maximum absolute atomic E-state index is 12.3. The van der Waals surface area contributed by atoms with Gasteiger partial charge in [-0.25, -0.2) is 4.79 Å². The second kappa shape index (κ2) is 5.72. The third-order valence-corrected chi connectivity index (χ3v) is 3.71. The number of hydrogen-bond donors (Lipinski definition) is 0. The van der Waals surface area contributed by atoms with Gasteiger partial charge in [0.25, 0.3) is 0 Å². The Bertz CT molecular complexity index is 322. The third kappa shape index (κ3) is 3.24. The molecule has 0 saturated carbocycles. The van der Waals surface area contributed by atoms with E-state index < -0.39 is 17.5 Å². The predicted octanol–water partition coefficient (Wildman–Crippen LogP) is 2.55. The maximum Gasteiger partial charge on any atom is 0.347 e. The molecule has 0 radical (unpaired) electrons. The molecule has 1 heterocycles. The van der Waals surface area contributed by atoms with Crippen LogP contribution in [-0.4, -0.2) is 24.6 Å². The fraction of sp³-hybridized carbons (Fsp3) is 0.857. The van der Waals surface area contributed by atoms with E-state index in [2.05, 4.69) is 13.8 Å². The molecule has 4 nitrogen and oxygen atoms in total. The molecule has 4 heteroatoms. The Balaban J connectivity index is 2.73. The van der Waals surface area contributed by atoms with Crippen molar-refractivity contribution in [3.8, 4) is 0 Å². The molecule has 104 valence electrons. The molecule has 0 aromatic rings. The Labute approximate surface area is 109 Å². The van der Waals surface area contributed by atoms with Gasteiger partial charge in [-0.3, -0.25) is 4.79 Å². The molecule has 0 amide bonds. The summed E-state index contributed by atoms with van der Waals surface area (Å²) in [6, 6.07) is 0. The highest BCUT2D eigenvalue weighted by molar-refractivity contribution is 5.83. The van der Waals surface area contributed by atoms with E-state index in [0.29, 0.717) is 18.9 Å². The topological polar surface area (TPSA) is 52.6 Å². The summed E-state index contributed by atoms with van der Waals surface area (Å²) >= 11 is 0. The zero-order valence-electron chi connectivity index (χ0n) is 12.0. The molecule has 0 aromatic carbocycles. The van der Waals surface area contributed by atoms with Gasteiger partial charge in [0.15, 0.2) is 0 Å². The van der Waals surface area contributed by atoms with Gasteiger partial charge in [-0.15, -0.1) is 0 Å². The van der Waals surface area contributed by atoms with Crippen LogP contribution in [0.25, 0.3) is 0 Å². The zero-order chi connectivity index (χ0) is 13.9. The third-order valence-electron chi connectivity index (χ3n) is 3.71. The SMILES string of the molecule is CC(C)CC(C)(C(=O)OC1CCOC1=O)C(C)C. The summed E-state index contributed by atoms with van der Waals surface area (Å²) in [7, 11) is 0. The van der Waals surface area contributed by atoms with Crippen molar-refractivity contribution < 1.29 is 19.1 Å². The van der Waals surface area contributed by atoms with Crippen LogP contribution >= 0.6 is 0 Å². The minimum absolute atomic E-state index is 0.171. The van der Waals surface area contributed by atoms with E-state index in [9.17, 15) is 9.59 Å². The van der Waals surface area contributed by atoms with Crippen molar-refractivity contribution in [2.24, 2.45) is 17.3 Å². The normalized spacial score (nSPS) is 23.1. The second-order valence-corrected chi connectivity index (χ2v) is 6.02. The lowest BCUT2D eigenvalue weighted by Gasteiger charge is -2.33. The van der Waals surface area contributed by atoms with Crippen LogP contribution in [0.3, 0.4) is 0 Å². The highest BCUT2D eigenvalue weighted by atomic mass is 16.6. The van der Waals surface area contributed by atoms with E-state index in [1.54, 1.807) is 0 Å². The number of ether oxygens (including phenoxy) is 2. The van der Waals surface area contributed by atoms with Gasteiger partial charge in [-0.05, 0) is 25.2 Å². The van der Waals surface area contributed by atoms with Crippen LogP contribution in [0.2, 0.25) is 0 Å². The van der Waals surface area contributed by atoms with Crippen LogP contribution in [0, 0.1) is 17.3 Å². The fourth-order valence-electron chi connectivity index (χ4n) is 2.25. The smallest absolute Gasteiger partial charge is 0.347 e. The Morgan fingerprint density at radius 3 is 2.44 bits per heavy atom. The molecule has 2 unspecified atom stereocenters. The summed E-state index contributed by atoms with van der Waals surface area (Å²) in [6.45, 7) is 10.4. The Morgan fingerprint density at radius 2 is 2.06 bits per heavy atom. The first-order valence-electron chi connectivity index (χ1n) is 6.65. The summed E-state index contributed by atoms with van der Waals surface area (Å²) in [5.74, 6) is -0.126. The molecule has 18 heavy (non-hydrogen) atoms. The molecular formula is C14H24O4. The Kier molecular flexibility index (Phi) is 4.77. The van der Waals surface area contributed by atoms with Gasteiger partial charge in [-0.1, -0.05) is 27.7 Å². The van der Waals surface area contributed by atoms with Crippen molar-refractivity contribution in [2.45, 2.75) is 53.6 Å². The highest BCUT2D eigenvalue weighted by Gasteiger charge is 2.42. The quantitative estimate of drug-likeness (QED) is 0.709. The van der Waals surface area contributed by atoms with E-state index in [-0.39, 0.29) is 11.9 Å². The van der Waals surface area contributed by atoms with Crippen LogP contribution < -0.4 is 0 Å². The number of carbonyl (C=O) groups excluding carboxylic acids is 2. The highest BCUT2D eigenvalue weighted by Crippen LogP contribution is 2.36. The standard InChI is InChI=1S/C14H24O4/c1-9(2)8-14(5,10(3)4)13(16)18-11-6-7-17-12(11)15/h9-11H,6-8H2,1-5H3. The van der Waals surface area contributed by atoms with Gasteiger partial charge in [-0.2, -0.15) is 0 Å². The molecule has 1 fully saturated rings. The van der Waals surface area contributed by atoms with Crippen molar-refractivity contribution in [3.63, 3.8) is 0 Å². The van der Waals surface area contributed by atoms with Crippen LogP contribution in [0.5, 0.6) is 0 Å². The van der Waals surface area contributed by atoms with Gasteiger partial charge in [0.2, 0.25) is 6.10 Å². The molecule has 0 bridgehead atoms. The molecule has 1 aliphatic heterocycles. The molecule has 0 aromatic heterocycles. The fourth-order valence-corrected chi connectivity index (χ4v) is 2.25. The first-order valence-corrected chi connectivity index (χ1v) is 6.65. The Morgan fingerprint density at radius 1 is 1.44 bits per heavy atom. The molecule has 0 spiro atoms. The average molecular weight is 256 g/mol. The summed E-state index contributed by atoms with van der Waals surface area (Å²) in [5.41, 5.74) is -0.545. The first kappa shape index (κ1) is 15.0. The zero-order valence-corrected chi connectivity index (χ0v) is 12.0. The van der Waals surface area contributed by atoms with Crippen LogP contribution in [-0.2, 0) is 19.1 Å². The molecule has 0 aliphatic carbocycles. The van der Waals surface area contributed by atoms with Crippen molar-refractivity contribution >= 4 is 11.9 Å². The van der Waals surface area contributed by atoms with Crippen molar-refractivity contribution in [1.29, 1.82) is 0 Å². The van der Waals surface area contributed by atoms with Gasteiger partial charge in [0.05, 0.1) is 12.0 Å². The molecule has 1 rings (SSSR count). The number of hydrogen-bond acceptors (Lipinski definition) is 4. The number of carbonyl (C=O) groups is 2. The van der Waals surface area contributed by atoms with E-state index >= 15 is 0 Å². The largest absolute Gasteiger partial charge is 0.463 e. The van der Waals surface area contributed by atoms with Gasteiger partial charge in [0.1, 0.15) is 0 Å². The van der Waals surface area contributed by atoms with Gasteiger partial charge >= 0.3 is 11.9 Å². The monoisotopic (exact) mass is 256 g/mol. The minimum Gasteiger partial charge on any atom is -0.463 e. The number of cyclic esters (lactones) is 1. The van der Waals surface area contributed by atoms with Crippen molar-refractivity contribution in [3.05, 3.63) is 0 Å². The lowest BCUT2D eigenvalue weighted by atomic mass is 9.73. The van der Waals surface area contributed by atoms with E-state index in [4.69, 9.17) is 9.47 Å². The number of esters is 2. The molecule has 2 atom stereocenters. The van der Waals surface area contributed by atoms with E-state index in [0.717, 1.165) is 6.42 Å². The Hall–Kier alpha value is -1.06. The number of rotatable bonds is 5. The maximum atomic E-state index is 12.3. The van der Waals surface area contributed by atoms with Gasteiger partial charge < -0.3 is 9.47 Å². The molecule has 0 N–H and O–H groups in total. The van der Waals surface area contributed by atoms with Crippen LogP contribution in [0.4, 0.5) is 0 Å². The van der Waals surface area contributed by atoms with Crippen molar-refractivity contribution in [1.82, 2.24) is 0 Å². The summed E-state index contributed by atoms with van der Waals surface area (Å²) < 4.78 is 10.1.